The number of benzene rings is 1. The van der Waals surface area contributed by atoms with Crippen LogP contribution in [-0.2, 0) is 13.5 Å². The van der Waals surface area contributed by atoms with Crippen LogP contribution in [0, 0.1) is 5.92 Å². The number of hydrogen-bond acceptors (Lipinski definition) is 2. The number of nitrogens with zero attached hydrogens (tertiary/aromatic N) is 2. The van der Waals surface area contributed by atoms with E-state index in [1.165, 1.54) is 11.1 Å². The summed E-state index contributed by atoms with van der Waals surface area (Å²) >= 11 is 0. The van der Waals surface area contributed by atoms with E-state index in [2.05, 4.69) is 60.9 Å². The van der Waals surface area contributed by atoms with Gasteiger partial charge in [0.1, 0.15) is 5.82 Å². The average Bonchev–Trinajstić information content (AvgIpc) is 2.72. The van der Waals surface area contributed by atoms with Gasteiger partial charge < -0.3 is 9.88 Å². The minimum absolute atomic E-state index is 0.550. The van der Waals surface area contributed by atoms with Crippen LogP contribution >= 0.6 is 0 Å². The molecular formula is C16H25N3. The molecular weight excluding hydrogens is 234 g/mol. The largest absolute Gasteiger partial charge is 0.331 e. The molecule has 0 fully saturated rings. The van der Waals surface area contributed by atoms with Gasteiger partial charge in [-0.1, -0.05) is 26.8 Å². The molecule has 19 heavy (non-hydrogen) atoms. The maximum Gasteiger partial charge on any atom is 0.109 e. The van der Waals surface area contributed by atoms with Gasteiger partial charge in [0, 0.05) is 20.0 Å². The highest BCUT2D eigenvalue weighted by Crippen LogP contribution is 2.27. The maximum absolute atomic E-state index is 4.67. The predicted molar refractivity (Wildman–Crippen MR) is 81.6 cm³/mol. The summed E-state index contributed by atoms with van der Waals surface area (Å²) in [5.41, 5.74) is 3.76. The molecule has 0 bridgehead atoms. The van der Waals surface area contributed by atoms with Crippen LogP contribution < -0.4 is 5.32 Å². The summed E-state index contributed by atoms with van der Waals surface area (Å²) in [4.78, 5) is 4.67. The highest BCUT2D eigenvalue weighted by atomic mass is 15.1. The van der Waals surface area contributed by atoms with Gasteiger partial charge in [-0.2, -0.15) is 0 Å². The third-order valence-electron chi connectivity index (χ3n) is 3.97. The molecule has 0 aliphatic carbocycles. The van der Waals surface area contributed by atoms with E-state index in [1.54, 1.807) is 0 Å². The molecule has 2 rings (SSSR count). The Morgan fingerprint density at radius 2 is 2.05 bits per heavy atom. The number of fused-ring (bicyclic) bond motifs is 1. The fourth-order valence-corrected chi connectivity index (χ4v) is 2.76. The van der Waals surface area contributed by atoms with E-state index >= 15 is 0 Å². The van der Waals surface area contributed by atoms with Gasteiger partial charge in [0.15, 0.2) is 0 Å². The van der Waals surface area contributed by atoms with Gasteiger partial charge in [0.25, 0.3) is 0 Å². The molecule has 3 heteroatoms. The highest BCUT2D eigenvalue weighted by Gasteiger charge is 2.16. The second-order valence-electron chi connectivity index (χ2n) is 5.60. The molecule has 3 nitrogen and oxygen atoms in total. The minimum Gasteiger partial charge on any atom is -0.331 e. The van der Waals surface area contributed by atoms with Crippen LogP contribution in [0.3, 0.4) is 0 Å². The number of aromatic nitrogens is 2. The molecule has 0 amide bonds. The van der Waals surface area contributed by atoms with Crippen molar-refractivity contribution in [1.82, 2.24) is 14.9 Å². The van der Waals surface area contributed by atoms with Gasteiger partial charge in [0.2, 0.25) is 0 Å². The van der Waals surface area contributed by atoms with E-state index in [-0.39, 0.29) is 0 Å². The quantitative estimate of drug-likeness (QED) is 0.894. The monoisotopic (exact) mass is 259 g/mol. The Bertz CT molecular complexity index is 554. The highest BCUT2D eigenvalue weighted by molar-refractivity contribution is 5.77. The number of rotatable bonds is 5. The Hall–Kier alpha value is -1.35. The number of nitrogens with one attached hydrogen (secondary N) is 1. The molecule has 0 aliphatic heterocycles. The lowest BCUT2D eigenvalue weighted by atomic mass is 9.88. The summed E-state index contributed by atoms with van der Waals surface area (Å²) in [6.45, 7) is 7.74. The zero-order valence-corrected chi connectivity index (χ0v) is 12.7. The van der Waals surface area contributed by atoms with Crippen molar-refractivity contribution in [1.29, 1.82) is 0 Å². The Morgan fingerprint density at radius 3 is 2.63 bits per heavy atom. The topological polar surface area (TPSA) is 29.9 Å². The molecule has 104 valence electrons. The lowest BCUT2D eigenvalue weighted by molar-refractivity contribution is 0.478. The van der Waals surface area contributed by atoms with Crippen molar-refractivity contribution in [2.75, 3.05) is 13.6 Å². The van der Waals surface area contributed by atoms with Crippen LogP contribution in [0.5, 0.6) is 0 Å². The standard InChI is InChI=1S/C16H25N3/c1-6-16-18-14-8-7-12(9-15(14)19(16)5)13(10-17-4)11(2)3/h7-9,11,13,17H,6,10H2,1-5H3. The molecule has 1 aromatic carbocycles. The molecule has 0 saturated heterocycles. The molecule has 0 radical (unpaired) electrons. The molecule has 1 atom stereocenters. The first-order valence-electron chi connectivity index (χ1n) is 7.18. The lowest BCUT2D eigenvalue weighted by Gasteiger charge is -2.21. The van der Waals surface area contributed by atoms with Gasteiger partial charge in [-0.15, -0.1) is 0 Å². The van der Waals surface area contributed by atoms with Crippen LogP contribution in [0.4, 0.5) is 0 Å². The van der Waals surface area contributed by atoms with Crippen molar-refractivity contribution in [3.63, 3.8) is 0 Å². The van der Waals surface area contributed by atoms with Crippen LogP contribution in [-0.4, -0.2) is 23.1 Å². The summed E-state index contributed by atoms with van der Waals surface area (Å²) in [6.07, 6.45) is 0.977. The van der Waals surface area contributed by atoms with E-state index in [0.717, 1.165) is 24.3 Å². The fourth-order valence-electron chi connectivity index (χ4n) is 2.76. The van der Waals surface area contributed by atoms with Crippen LogP contribution in [0.2, 0.25) is 0 Å². The first-order valence-corrected chi connectivity index (χ1v) is 7.18. The van der Waals surface area contributed by atoms with Crippen LogP contribution in [0.15, 0.2) is 18.2 Å². The van der Waals surface area contributed by atoms with Gasteiger partial charge in [-0.3, -0.25) is 0 Å². The van der Waals surface area contributed by atoms with Crippen LogP contribution in [0.1, 0.15) is 38.1 Å². The molecule has 1 aromatic heterocycles. The molecule has 1 unspecified atom stereocenters. The van der Waals surface area contributed by atoms with Crippen molar-refractivity contribution in [3.05, 3.63) is 29.6 Å². The van der Waals surface area contributed by atoms with Crippen molar-refractivity contribution < 1.29 is 0 Å². The number of imidazole rings is 1. The molecule has 0 aliphatic rings. The first-order chi connectivity index (χ1) is 9.08. The van der Waals surface area contributed by atoms with E-state index in [9.17, 15) is 0 Å². The van der Waals surface area contributed by atoms with Crippen LogP contribution in [0.25, 0.3) is 11.0 Å². The smallest absolute Gasteiger partial charge is 0.109 e. The fraction of sp³-hybridized carbons (Fsp3) is 0.562. The van der Waals surface area contributed by atoms with Crippen molar-refractivity contribution in [3.8, 4) is 0 Å². The van der Waals surface area contributed by atoms with Crippen molar-refractivity contribution in [2.24, 2.45) is 13.0 Å². The summed E-state index contributed by atoms with van der Waals surface area (Å²) in [5, 5.41) is 3.30. The molecule has 2 aromatic rings. The SMILES string of the molecule is CCc1nc2ccc(C(CNC)C(C)C)cc2n1C. The van der Waals surface area contributed by atoms with E-state index in [0.29, 0.717) is 11.8 Å². The molecule has 0 spiro atoms. The zero-order valence-electron chi connectivity index (χ0n) is 12.7. The van der Waals surface area contributed by atoms with E-state index in [1.807, 2.05) is 7.05 Å². The summed E-state index contributed by atoms with van der Waals surface area (Å²) in [5.74, 6) is 2.33. The van der Waals surface area contributed by atoms with Gasteiger partial charge >= 0.3 is 0 Å². The second kappa shape index (κ2) is 5.74. The summed E-state index contributed by atoms with van der Waals surface area (Å²) in [6, 6.07) is 6.70. The third-order valence-corrected chi connectivity index (χ3v) is 3.97. The average molecular weight is 259 g/mol. The van der Waals surface area contributed by atoms with Crippen molar-refractivity contribution >= 4 is 11.0 Å². The van der Waals surface area contributed by atoms with Gasteiger partial charge in [0.05, 0.1) is 11.0 Å². The maximum atomic E-state index is 4.67. The first kappa shape index (κ1) is 14.1. The number of hydrogen-bond donors (Lipinski definition) is 1. The lowest BCUT2D eigenvalue weighted by Crippen LogP contribution is -2.21. The predicted octanol–water partition coefficient (Wildman–Crippen LogP) is 3.09. The normalized spacial score (nSPS) is 13.4. The number of likely N-dealkylation sites (N-methyl/N-ethyl adjacent to an activating group) is 1. The molecule has 1 N–H and O–H groups in total. The Balaban J connectivity index is 2.47. The minimum atomic E-state index is 0.550. The third kappa shape index (κ3) is 2.66. The Kier molecular flexibility index (Phi) is 4.25. The second-order valence-corrected chi connectivity index (χ2v) is 5.60. The zero-order chi connectivity index (χ0) is 14.0. The van der Waals surface area contributed by atoms with Gasteiger partial charge in [-0.25, -0.2) is 4.98 Å². The van der Waals surface area contributed by atoms with E-state index < -0.39 is 0 Å². The molecule has 1 heterocycles. The number of aryl methyl sites for hydroxylation is 2. The summed E-state index contributed by atoms with van der Waals surface area (Å²) < 4.78 is 2.22. The molecule has 0 saturated carbocycles. The Morgan fingerprint density at radius 1 is 1.32 bits per heavy atom. The van der Waals surface area contributed by atoms with E-state index in [4.69, 9.17) is 0 Å². The Labute approximate surface area is 116 Å². The van der Waals surface area contributed by atoms with Crippen molar-refractivity contribution in [2.45, 2.75) is 33.1 Å². The summed E-state index contributed by atoms with van der Waals surface area (Å²) in [7, 11) is 4.13. The van der Waals surface area contributed by atoms with Gasteiger partial charge in [-0.05, 0) is 36.6 Å².